The Kier molecular flexibility index (Phi) is 5.61. The second-order valence-corrected chi connectivity index (χ2v) is 7.58. The fraction of sp³-hybridized carbons (Fsp3) is 0.280. The van der Waals surface area contributed by atoms with Gasteiger partial charge in [0.2, 0.25) is 0 Å². The molecule has 0 radical (unpaired) electrons. The number of benzene rings is 2. The van der Waals surface area contributed by atoms with Crippen molar-refractivity contribution in [3.05, 3.63) is 95.3 Å². The van der Waals surface area contributed by atoms with Gasteiger partial charge in [-0.25, -0.2) is 0 Å². The summed E-state index contributed by atoms with van der Waals surface area (Å²) in [6, 6.07) is 22.4. The maximum absolute atomic E-state index is 11.9. The van der Waals surface area contributed by atoms with Gasteiger partial charge in [0.25, 0.3) is 5.91 Å². The fourth-order valence-electron chi connectivity index (χ4n) is 4.32. The van der Waals surface area contributed by atoms with Crippen LogP contribution in [0.3, 0.4) is 0 Å². The van der Waals surface area contributed by atoms with Crippen LogP contribution in [-0.2, 0) is 12.0 Å². The Hall–Kier alpha value is -3.14. The molecule has 2 aromatic carbocycles. The largest absolute Gasteiger partial charge is 0.487 e. The van der Waals surface area contributed by atoms with E-state index in [-0.39, 0.29) is 11.3 Å². The van der Waals surface area contributed by atoms with Crippen LogP contribution in [0.4, 0.5) is 0 Å². The van der Waals surface area contributed by atoms with Crippen molar-refractivity contribution in [2.75, 3.05) is 7.05 Å². The average molecular weight is 386 g/mol. The van der Waals surface area contributed by atoms with Gasteiger partial charge in [-0.1, -0.05) is 43.2 Å². The highest BCUT2D eigenvalue weighted by Crippen LogP contribution is 2.46. The molecule has 0 saturated heterocycles. The third kappa shape index (κ3) is 4.02. The summed E-state index contributed by atoms with van der Waals surface area (Å²) in [4.78, 5) is 16.2. The Morgan fingerprint density at radius 3 is 2.21 bits per heavy atom. The quantitative estimate of drug-likeness (QED) is 0.657. The number of hydrogen-bond acceptors (Lipinski definition) is 3. The van der Waals surface area contributed by atoms with Crippen molar-refractivity contribution >= 4 is 5.91 Å². The third-order valence-electron chi connectivity index (χ3n) is 5.90. The minimum Gasteiger partial charge on any atom is -0.487 e. The summed E-state index contributed by atoms with van der Waals surface area (Å²) in [6.07, 6.45) is 6.46. The fourth-order valence-corrected chi connectivity index (χ4v) is 4.32. The van der Waals surface area contributed by atoms with Crippen molar-refractivity contribution in [1.29, 1.82) is 0 Å². The number of nitrogens with one attached hydrogen (secondary N) is 1. The number of carbonyl (C=O) groups is 1. The normalized spacial score (nSPS) is 15.1. The molecule has 148 valence electrons. The molecule has 1 fully saturated rings. The first-order chi connectivity index (χ1) is 14.2. The summed E-state index contributed by atoms with van der Waals surface area (Å²) in [5, 5.41) is 2.68. The molecule has 1 aliphatic carbocycles. The van der Waals surface area contributed by atoms with E-state index in [0.717, 1.165) is 24.3 Å². The maximum atomic E-state index is 11.9. The van der Waals surface area contributed by atoms with E-state index in [4.69, 9.17) is 4.74 Å². The van der Waals surface area contributed by atoms with Gasteiger partial charge in [0.05, 0.1) is 5.69 Å². The molecule has 1 amide bonds. The maximum Gasteiger partial charge on any atom is 0.251 e. The molecule has 1 heterocycles. The van der Waals surface area contributed by atoms with Gasteiger partial charge < -0.3 is 10.1 Å². The van der Waals surface area contributed by atoms with Crippen LogP contribution >= 0.6 is 0 Å². The summed E-state index contributed by atoms with van der Waals surface area (Å²) in [6.45, 7) is 0.465. The molecule has 0 aliphatic heterocycles. The lowest BCUT2D eigenvalue weighted by Crippen LogP contribution is -2.24. The van der Waals surface area contributed by atoms with E-state index in [1.54, 1.807) is 13.2 Å². The van der Waals surface area contributed by atoms with Crippen molar-refractivity contribution in [2.45, 2.75) is 37.7 Å². The number of hydrogen-bond donors (Lipinski definition) is 1. The predicted octanol–water partition coefficient (Wildman–Crippen LogP) is 4.88. The van der Waals surface area contributed by atoms with Crippen LogP contribution in [0.2, 0.25) is 0 Å². The van der Waals surface area contributed by atoms with Crippen molar-refractivity contribution in [2.24, 2.45) is 0 Å². The van der Waals surface area contributed by atoms with E-state index < -0.39 is 0 Å². The first-order valence-electron chi connectivity index (χ1n) is 10.2. The number of pyridine rings is 1. The molecule has 0 bridgehead atoms. The van der Waals surface area contributed by atoms with Crippen LogP contribution in [0.1, 0.15) is 52.9 Å². The number of aromatic nitrogens is 1. The molecule has 0 unspecified atom stereocenters. The zero-order valence-electron chi connectivity index (χ0n) is 16.7. The Morgan fingerprint density at radius 2 is 1.62 bits per heavy atom. The molecule has 4 rings (SSSR count). The predicted molar refractivity (Wildman–Crippen MR) is 114 cm³/mol. The van der Waals surface area contributed by atoms with E-state index in [9.17, 15) is 4.79 Å². The summed E-state index contributed by atoms with van der Waals surface area (Å²) in [7, 11) is 1.66. The van der Waals surface area contributed by atoms with Crippen LogP contribution in [0, 0.1) is 0 Å². The Labute approximate surface area is 172 Å². The molecule has 1 aliphatic rings. The Morgan fingerprint density at radius 1 is 0.966 bits per heavy atom. The zero-order valence-corrected chi connectivity index (χ0v) is 16.7. The van der Waals surface area contributed by atoms with Crippen LogP contribution < -0.4 is 10.1 Å². The molecule has 4 heteroatoms. The highest BCUT2D eigenvalue weighted by molar-refractivity contribution is 5.94. The van der Waals surface area contributed by atoms with Gasteiger partial charge in [-0.3, -0.25) is 9.78 Å². The van der Waals surface area contributed by atoms with Gasteiger partial charge in [-0.15, -0.1) is 0 Å². The minimum atomic E-state index is -0.0496. The molecule has 29 heavy (non-hydrogen) atoms. The van der Waals surface area contributed by atoms with Crippen LogP contribution in [0.25, 0.3) is 0 Å². The smallest absolute Gasteiger partial charge is 0.251 e. The molecule has 1 saturated carbocycles. The van der Waals surface area contributed by atoms with Gasteiger partial charge in [-0.05, 0) is 60.4 Å². The third-order valence-corrected chi connectivity index (χ3v) is 5.90. The lowest BCUT2D eigenvalue weighted by Gasteiger charge is -2.31. The van der Waals surface area contributed by atoms with E-state index >= 15 is 0 Å². The highest BCUT2D eigenvalue weighted by atomic mass is 16.5. The monoisotopic (exact) mass is 386 g/mol. The van der Waals surface area contributed by atoms with Crippen molar-refractivity contribution < 1.29 is 9.53 Å². The van der Waals surface area contributed by atoms with E-state index in [1.807, 2.05) is 30.3 Å². The number of carbonyl (C=O) groups excluding carboxylic acids is 1. The van der Waals surface area contributed by atoms with Crippen molar-refractivity contribution in [1.82, 2.24) is 10.3 Å². The SMILES string of the molecule is CNC(=O)c1ccc(C2(c3ccc(OCc4ccccn4)cc3)CCCC2)cc1. The molecule has 0 atom stereocenters. The van der Waals surface area contributed by atoms with Gasteiger partial charge in [0, 0.05) is 24.2 Å². The standard InChI is InChI=1S/C25H26N2O2/c1-26-24(28)19-7-9-20(10-8-19)25(15-3-4-16-25)21-11-13-23(14-12-21)29-18-22-6-2-5-17-27-22/h2,5-14,17H,3-4,15-16,18H2,1H3,(H,26,28). The summed E-state index contributed by atoms with van der Waals surface area (Å²) in [5.41, 5.74) is 4.22. The van der Waals surface area contributed by atoms with Crippen LogP contribution in [-0.4, -0.2) is 17.9 Å². The highest BCUT2D eigenvalue weighted by Gasteiger charge is 2.37. The number of amides is 1. The van der Waals surface area contributed by atoms with E-state index in [1.165, 1.54) is 24.0 Å². The van der Waals surface area contributed by atoms with E-state index in [0.29, 0.717) is 12.2 Å². The number of rotatable bonds is 6. The lowest BCUT2D eigenvalue weighted by molar-refractivity contribution is 0.0963. The van der Waals surface area contributed by atoms with Crippen LogP contribution in [0.5, 0.6) is 5.75 Å². The lowest BCUT2D eigenvalue weighted by atomic mass is 9.73. The molecular weight excluding hydrogens is 360 g/mol. The summed E-state index contributed by atoms with van der Waals surface area (Å²) < 4.78 is 5.90. The molecule has 4 nitrogen and oxygen atoms in total. The van der Waals surface area contributed by atoms with Gasteiger partial charge in [0.1, 0.15) is 12.4 Å². The molecular formula is C25H26N2O2. The molecule has 0 spiro atoms. The zero-order chi connectivity index (χ0) is 20.1. The van der Waals surface area contributed by atoms with Crippen LogP contribution in [0.15, 0.2) is 72.9 Å². The van der Waals surface area contributed by atoms with E-state index in [2.05, 4.69) is 46.7 Å². The molecule has 1 aromatic heterocycles. The topological polar surface area (TPSA) is 51.2 Å². The average Bonchev–Trinajstić information content (AvgIpc) is 3.29. The minimum absolute atomic E-state index is 0.0146. The molecule has 3 aromatic rings. The van der Waals surface area contributed by atoms with Gasteiger partial charge in [-0.2, -0.15) is 0 Å². The summed E-state index contributed by atoms with van der Waals surface area (Å²) in [5.74, 6) is 0.800. The number of nitrogens with zero attached hydrogens (tertiary/aromatic N) is 1. The first-order valence-corrected chi connectivity index (χ1v) is 10.2. The van der Waals surface area contributed by atoms with Gasteiger partial charge in [0.15, 0.2) is 0 Å². The second-order valence-electron chi connectivity index (χ2n) is 7.58. The first kappa shape index (κ1) is 19.2. The van der Waals surface area contributed by atoms with Crippen molar-refractivity contribution in [3.8, 4) is 5.75 Å². The second kappa shape index (κ2) is 8.48. The molecule has 1 N–H and O–H groups in total. The Balaban J connectivity index is 1.54. The Bertz CT molecular complexity index is 944. The number of ether oxygens (including phenoxy) is 1. The summed E-state index contributed by atoms with van der Waals surface area (Å²) >= 11 is 0. The van der Waals surface area contributed by atoms with Crippen molar-refractivity contribution in [3.63, 3.8) is 0 Å². The van der Waals surface area contributed by atoms with Gasteiger partial charge >= 0.3 is 0 Å².